The zero-order valence-corrected chi connectivity index (χ0v) is 9.06. The fourth-order valence-corrected chi connectivity index (χ4v) is 1.24. The summed E-state index contributed by atoms with van der Waals surface area (Å²) >= 11 is 0. The van der Waals surface area contributed by atoms with Crippen LogP contribution in [0.1, 0.15) is 33.6 Å². The molecule has 0 spiro atoms. The summed E-state index contributed by atoms with van der Waals surface area (Å²) in [6.45, 7) is 10.3. The third kappa shape index (κ3) is 5.56. The van der Waals surface area contributed by atoms with E-state index in [0.717, 1.165) is 0 Å². The molecule has 74 valence electrons. The number of nitrogens with zero attached hydrogens (tertiary/aromatic N) is 1. The lowest BCUT2D eigenvalue weighted by Gasteiger charge is -2.23. The molecule has 1 N–H and O–H groups in total. The van der Waals surface area contributed by atoms with E-state index < -0.39 is 0 Å². The molecule has 0 fully saturated rings. The molecule has 2 nitrogen and oxygen atoms in total. The van der Waals surface area contributed by atoms with Crippen LogP contribution in [0.15, 0.2) is 0 Å². The Kier molecular flexibility index (Phi) is 7.51. The maximum absolute atomic E-state index is 3.26. The summed E-state index contributed by atoms with van der Waals surface area (Å²) in [5, 5.41) is 3.26. The van der Waals surface area contributed by atoms with Crippen LogP contribution in [0.2, 0.25) is 0 Å². The van der Waals surface area contributed by atoms with Crippen LogP contribution in [-0.4, -0.2) is 37.6 Å². The van der Waals surface area contributed by atoms with E-state index in [0.29, 0.717) is 6.04 Å². The summed E-state index contributed by atoms with van der Waals surface area (Å²) in [7, 11) is 2.03. The second kappa shape index (κ2) is 7.56. The highest BCUT2D eigenvalue weighted by molar-refractivity contribution is 4.64. The lowest BCUT2D eigenvalue weighted by Crippen LogP contribution is -2.37. The Morgan fingerprint density at radius 1 is 1.33 bits per heavy atom. The number of nitrogens with one attached hydrogen (secondary N) is 1. The van der Waals surface area contributed by atoms with E-state index in [9.17, 15) is 0 Å². The lowest BCUT2D eigenvalue weighted by atomic mass is 10.2. The van der Waals surface area contributed by atoms with Gasteiger partial charge in [-0.3, -0.25) is 0 Å². The summed E-state index contributed by atoms with van der Waals surface area (Å²) in [6, 6.07) is 0.613. The Balaban J connectivity index is 3.51. The predicted molar refractivity (Wildman–Crippen MR) is 55.5 cm³/mol. The fraction of sp³-hybridized carbons (Fsp3) is 1.00. The van der Waals surface area contributed by atoms with Gasteiger partial charge in [0.1, 0.15) is 0 Å². The largest absolute Gasteiger partial charge is 0.316 e. The lowest BCUT2D eigenvalue weighted by molar-refractivity contribution is 0.259. The maximum atomic E-state index is 3.26. The average Bonchev–Trinajstić information content (AvgIpc) is 2.11. The van der Waals surface area contributed by atoms with E-state index >= 15 is 0 Å². The van der Waals surface area contributed by atoms with Crippen LogP contribution in [0, 0.1) is 0 Å². The van der Waals surface area contributed by atoms with Crippen molar-refractivity contribution in [3.05, 3.63) is 0 Å². The van der Waals surface area contributed by atoms with Crippen molar-refractivity contribution < 1.29 is 0 Å². The van der Waals surface area contributed by atoms with Gasteiger partial charge in [0.2, 0.25) is 0 Å². The molecule has 0 saturated carbocycles. The summed E-state index contributed by atoms with van der Waals surface area (Å²) in [5.41, 5.74) is 0. The standard InChI is InChI=1S/C10H24N2/c1-5-7-8-12(6-2)9-10(3)11-4/h10-11H,5-9H2,1-4H3. The minimum atomic E-state index is 0.613. The van der Waals surface area contributed by atoms with Gasteiger partial charge in [0.25, 0.3) is 0 Å². The Hall–Kier alpha value is -0.0800. The van der Waals surface area contributed by atoms with Gasteiger partial charge >= 0.3 is 0 Å². The van der Waals surface area contributed by atoms with Gasteiger partial charge in [-0.25, -0.2) is 0 Å². The highest BCUT2D eigenvalue weighted by atomic mass is 15.1. The van der Waals surface area contributed by atoms with Gasteiger partial charge in [-0.15, -0.1) is 0 Å². The first kappa shape index (κ1) is 11.9. The zero-order valence-electron chi connectivity index (χ0n) is 9.06. The Morgan fingerprint density at radius 3 is 2.42 bits per heavy atom. The first-order valence-corrected chi connectivity index (χ1v) is 5.14. The molecule has 0 heterocycles. The summed E-state index contributed by atoms with van der Waals surface area (Å²) in [6.07, 6.45) is 2.62. The number of likely N-dealkylation sites (N-methyl/N-ethyl adjacent to an activating group) is 2. The van der Waals surface area contributed by atoms with Crippen molar-refractivity contribution in [1.82, 2.24) is 10.2 Å². The summed E-state index contributed by atoms with van der Waals surface area (Å²) in [4.78, 5) is 2.50. The van der Waals surface area contributed by atoms with Crippen LogP contribution < -0.4 is 5.32 Å². The SMILES string of the molecule is CCCCN(CC)CC(C)NC. The molecule has 0 aromatic carbocycles. The first-order valence-electron chi connectivity index (χ1n) is 5.14. The zero-order chi connectivity index (χ0) is 9.40. The van der Waals surface area contributed by atoms with Crippen molar-refractivity contribution in [2.75, 3.05) is 26.7 Å². The van der Waals surface area contributed by atoms with E-state index in [1.54, 1.807) is 0 Å². The minimum Gasteiger partial charge on any atom is -0.316 e. The molecule has 1 unspecified atom stereocenters. The van der Waals surface area contributed by atoms with Gasteiger partial charge < -0.3 is 10.2 Å². The topological polar surface area (TPSA) is 15.3 Å². The van der Waals surface area contributed by atoms with E-state index in [1.165, 1.54) is 32.5 Å². The second-order valence-corrected chi connectivity index (χ2v) is 3.44. The normalized spacial score (nSPS) is 13.8. The smallest absolute Gasteiger partial charge is 0.0163 e. The van der Waals surface area contributed by atoms with Gasteiger partial charge in [0.15, 0.2) is 0 Å². The predicted octanol–water partition coefficient (Wildman–Crippen LogP) is 1.72. The van der Waals surface area contributed by atoms with Crippen molar-refractivity contribution >= 4 is 0 Å². The van der Waals surface area contributed by atoms with Crippen molar-refractivity contribution in [1.29, 1.82) is 0 Å². The monoisotopic (exact) mass is 172 g/mol. The summed E-state index contributed by atoms with van der Waals surface area (Å²) < 4.78 is 0. The molecule has 0 radical (unpaired) electrons. The Morgan fingerprint density at radius 2 is 2.00 bits per heavy atom. The van der Waals surface area contributed by atoms with Crippen LogP contribution in [0.5, 0.6) is 0 Å². The number of hydrogen-bond acceptors (Lipinski definition) is 2. The average molecular weight is 172 g/mol. The van der Waals surface area contributed by atoms with Crippen molar-refractivity contribution in [3.8, 4) is 0 Å². The van der Waals surface area contributed by atoms with Crippen LogP contribution in [-0.2, 0) is 0 Å². The number of rotatable bonds is 7. The highest BCUT2D eigenvalue weighted by Crippen LogP contribution is 1.96. The Bertz CT molecular complexity index is 93.8. The molecule has 0 aliphatic rings. The van der Waals surface area contributed by atoms with Gasteiger partial charge in [-0.1, -0.05) is 20.3 Å². The molecule has 2 heteroatoms. The first-order chi connectivity index (χ1) is 5.74. The maximum Gasteiger partial charge on any atom is 0.0163 e. The van der Waals surface area contributed by atoms with Gasteiger partial charge in [-0.05, 0) is 33.5 Å². The molecule has 0 rings (SSSR count). The molecule has 0 bridgehead atoms. The van der Waals surface area contributed by atoms with Crippen LogP contribution >= 0.6 is 0 Å². The van der Waals surface area contributed by atoms with Crippen molar-refractivity contribution in [2.45, 2.75) is 39.7 Å². The van der Waals surface area contributed by atoms with Gasteiger partial charge in [-0.2, -0.15) is 0 Å². The molecule has 0 aliphatic heterocycles. The van der Waals surface area contributed by atoms with Crippen molar-refractivity contribution in [2.24, 2.45) is 0 Å². The number of hydrogen-bond donors (Lipinski definition) is 1. The van der Waals surface area contributed by atoms with E-state index in [4.69, 9.17) is 0 Å². The molecular formula is C10H24N2. The van der Waals surface area contributed by atoms with Crippen LogP contribution in [0.3, 0.4) is 0 Å². The molecule has 0 aromatic heterocycles. The third-order valence-electron chi connectivity index (χ3n) is 2.30. The van der Waals surface area contributed by atoms with Gasteiger partial charge in [0, 0.05) is 12.6 Å². The quantitative estimate of drug-likeness (QED) is 0.629. The van der Waals surface area contributed by atoms with Gasteiger partial charge in [0.05, 0.1) is 0 Å². The fourth-order valence-electron chi connectivity index (χ4n) is 1.24. The van der Waals surface area contributed by atoms with E-state index in [2.05, 4.69) is 31.0 Å². The molecule has 0 aromatic rings. The summed E-state index contributed by atoms with van der Waals surface area (Å²) in [5.74, 6) is 0. The van der Waals surface area contributed by atoms with Crippen molar-refractivity contribution in [3.63, 3.8) is 0 Å². The molecular weight excluding hydrogens is 148 g/mol. The third-order valence-corrected chi connectivity index (χ3v) is 2.30. The second-order valence-electron chi connectivity index (χ2n) is 3.44. The van der Waals surface area contributed by atoms with Crippen LogP contribution in [0.25, 0.3) is 0 Å². The molecule has 1 atom stereocenters. The van der Waals surface area contributed by atoms with E-state index in [1.807, 2.05) is 7.05 Å². The molecule has 0 aliphatic carbocycles. The molecule has 0 saturated heterocycles. The highest BCUT2D eigenvalue weighted by Gasteiger charge is 2.05. The van der Waals surface area contributed by atoms with E-state index in [-0.39, 0.29) is 0 Å². The Labute approximate surface area is 77.3 Å². The van der Waals surface area contributed by atoms with Crippen LogP contribution in [0.4, 0.5) is 0 Å². The number of unbranched alkanes of at least 4 members (excludes halogenated alkanes) is 1. The molecule has 12 heavy (non-hydrogen) atoms. The minimum absolute atomic E-state index is 0.613. The molecule has 0 amide bonds.